The number of rotatable bonds is 5. The maximum atomic E-state index is 13.2. The van der Waals surface area contributed by atoms with Crippen LogP contribution >= 0.6 is 0 Å². The molecule has 5 heteroatoms. The second-order valence-corrected chi connectivity index (χ2v) is 5.20. The highest BCUT2D eigenvalue weighted by atomic mass is 19.1. The molecule has 0 aliphatic heterocycles. The van der Waals surface area contributed by atoms with Crippen LogP contribution in [-0.4, -0.2) is 15.0 Å². The lowest BCUT2D eigenvalue weighted by molar-refractivity contribution is 0.538. The van der Waals surface area contributed by atoms with Crippen LogP contribution in [-0.2, 0) is 0 Å². The van der Waals surface area contributed by atoms with E-state index in [1.165, 1.54) is 12.1 Å². The lowest BCUT2D eigenvalue weighted by Gasteiger charge is -2.14. The molecule has 4 nitrogen and oxygen atoms in total. The fraction of sp³-hybridized carbons (Fsp3) is 0.467. The molecule has 0 spiro atoms. The minimum Gasteiger partial charge on any atom is -0.323 e. The highest BCUT2D eigenvalue weighted by Gasteiger charge is 2.15. The molecule has 0 fully saturated rings. The summed E-state index contributed by atoms with van der Waals surface area (Å²) in [5.41, 5.74) is 8.79. The molecule has 1 heterocycles. The van der Waals surface area contributed by atoms with Crippen molar-refractivity contribution in [3.63, 3.8) is 0 Å². The van der Waals surface area contributed by atoms with E-state index in [9.17, 15) is 4.39 Å². The second kappa shape index (κ2) is 6.13. The predicted octanol–water partition coefficient (Wildman–Crippen LogP) is 3.13. The minimum absolute atomic E-state index is 0.00526. The Kier molecular flexibility index (Phi) is 4.49. The van der Waals surface area contributed by atoms with Crippen LogP contribution in [0, 0.1) is 12.7 Å². The predicted molar refractivity (Wildman–Crippen MR) is 76.8 cm³/mol. The van der Waals surface area contributed by atoms with Gasteiger partial charge in [-0.15, -0.1) is 5.10 Å². The quantitative estimate of drug-likeness (QED) is 0.912. The zero-order valence-corrected chi connectivity index (χ0v) is 12.2. The van der Waals surface area contributed by atoms with Crippen molar-refractivity contribution in [3.8, 4) is 0 Å². The summed E-state index contributed by atoms with van der Waals surface area (Å²) in [6, 6.07) is 4.73. The van der Waals surface area contributed by atoms with Crippen molar-refractivity contribution in [3.05, 3.63) is 47.0 Å². The molecule has 2 aromatic rings. The van der Waals surface area contributed by atoms with E-state index in [0.29, 0.717) is 0 Å². The van der Waals surface area contributed by atoms with E-state index in [4.69, 9.17) is 5.73 Å². The summed E-state index contributed by atoms with van der Waals surface area (Å²) in [4.78, 5) is 0. The van der Waals surface area contributed by atoms with Crippen LogP contribution in [0.1, 0.15) is 55.6 Å². The number of aryl methyl sites for hydroxylation is 1. The number of hydrogen-bond acceptors (Lipinski definition) is 3. The van der Waals surface area contributed by atoms with Gasteiger partial charge in [0.25, 0.3) is 0 Å². The molecule has 20 heavy (non-hydrogen) atoms. The molecule has 2 rings (SSSR count). The number of nitrogens with zero attached hydrogens (tertiary/aromatic N) is 3. The molecule has 1 unspecified atom stereocenters. The van der Waals surface area contributed by atoms with Gasteiger partial charge in [-0.2, -0.15) is 0 Å². The Hall–Kier alpha value is -1.75. The molecule has 0 bridgehead atoms. The van der Waals surface area contributed by atoms with Crippen molar-refractivity contribution in [2.24, 2.45) is 5.73 Å². The van der Waals surface area contributed by atoms with Gasteiger partial charge in [-0.3, -0.25) is 0 Å². The molecule has 2 atom stereocenters. The summed E-state index contributed by atoms with van der Waals surface area (Å²) in [5.74, 6) is -0.220. The van der Waals surface area contributed by atoms with E-state index >= 15 is 0 Å². The Morgan fingerprint density at radius 3 is 2.80 bits per heavy atom. The Morgan fingerprint density at radius 2 is 2.15 bits per heavy atom. The molecular weight excluding hydrogens is 255 g/mol. The van der Waals surface area contributed by atoms with Gasteiger partial charge in [-0.25, -0.2) is 9.07 Å². The number of aromatic nitrogens is 3. The molecule has 0 radical (unpaired) electrons. The number of nitrogens with two attached hydrogens (primary N) is 1. The minimum atomic E-state index is -0.220. The standard InChI is InChI=1S/C15H21FN4/c1-4-5-14(17)15-9-20(19-18-15)11(3)13-7-6-12(16)8-10(13)2/h6-9,11,14H,4-5,17H2,1-3H3/t11-,14?/m1/s1. The molecule has 0 aliphatic carbocycles. The summed E-state index contributed by atoms with van der Waals surface area (Å²) in [5, 5.41) is 8.29. The van der Waals surface area contributed by atoms with Crippen molar-refractivity contribution < 1.29 is 4.39 Å². The maximum Gasteiger partial charge on any atom is 0.123 e. The van der Waals surface area contributed by atoms with Gasteiger partial charge < -0.3 is 5.73 Å². The largest absolute Gasteiger partial charge is 0.323 e. The summed E-state index contributed by atoms with van der Waals surface area (Å²) < 4.78 is 14.9. The van der Waals surface area contributed by atoms with Gasteiger partial charge in [-0.1, -0.05) is 24.6 Å². The fourth-order valence-corrected chi connectivity index (χ4v) is 2.36. The van der Waals surface area contributed by atoms with Gasteiger partial charge >= 0.3 is 0 Å². The van der Waals surface area contributed by atoms with Gasteiger partial charge in [0.2, 0.25) is 0 Å². The fourth-order valence-electron chi connectivity index (χ4n) is 2.36. The third-order valence-corrected chi connectivity index (χ3v) is 3.59. The van der Waals surface area contributed by atoms with Crippen molar-refractivity contribution in [1.82, 2.24) is 15.0 Å². The van der Waals surface area contributed by atoms with Gasteiger partial charge in [0, 0.05) is 0 Å². The van der Waals surface area contributed by atoms with Crippen LogP contribution in [0.4, 0.5) is 4.39 Å². The zero-order chi connectivity index (χ0) is 14.7. The van der Waals surface area contributed by atoms with E-state index < -0.39 is 0 Å². The molecule has 0 saturated carbocycles. The lowest BCUT2D eigenvalue weighted by atomic mass is 10.0. The SMILES string of the molecule is CCCC(N)c1cn([C@H](C)c2ccc(F)cc2C)nn1. The highest BCUT2D eigenvalue weighted by Crippen LogP contribution is 2.22. The highest BCUT2D eigenvalue weighted by molar-refractivity contribution is 5.29. The normalized spacial score (nSPS) is 14.2. The van der Waals surface area contributed by atoms with Gasteiger partial charge in [-0.05, 0) is 43.5 Å². The van der Waals surface area contributed by atoms with Crippen LogP contribution in [0.3, 0.4) is 0 Å². The lowest BCUT2D eigenvalue weighted by Crippen LogP contribution is -2.11. The third-order valence-electron chi connectivity index (χ3n) is 3.59. The first-order chi connectivity index (χ1) is 9.52. The molecule has 0 saturated heterocycles. The molecule has 2 N–H and O–H groups in total. The van der Waals surface area contributed by atoms with Gasteiger partial charge in [0.1, 0.15) is 5.82 Å². The van der Waals surface area contributed by atoms with Crippen molar-refractivity contribution >= 4 is 0 Å². The monoisotopic (exact) mass is 276 g/mol. The van der Waals surface area contributed by atoms with Crippen molar-refractivity contribution in [2.45, 2.75) is 45.7 Å². The van der Waals surface area contributed by atoms with E-state index in [1.807, 2.05) is 20.0 Å². The average Bonchev–Trinajstić information content (AvgIpc) is 2.88. The van der Waals surface area contributed by atoms with Crippen molar-refractivity contribution in [1.29, 1.82) is 0 Å². The van der Waals surface area contributed by atoms with E-state index in [-0.39, 0.29) is 17.9 Å². The average molecular weight is 276 g/mol. The summed E-state index contributed by atoms with van der Waals surface area (Å²) in [7, 11) is 0. The molecule has 0 amide bonds. The first-order valence-electron chi connectivity index (χ1n) is 6.96. The van der Waals surface area contributed by atoms with Gasteiger partial charge in [0.15, 0.2) is 0 Å². The maximum absolute atomic E-state index is 13.2. The molecular formula is C15H21FN4. The molecule has 0 aliphatic rings. The third kappa shape index (κ3) is 3.04. The Labute approximate surface area is 118 Å². The Bertz CT molecular complexity index is 579. The van der Waals surface area contributed by atoms with Crippen molar-refractivity contribution in [2.75, 3.05) is 0 Å². The first-order valence-corrected chi connectivity index (χ1v) is 6.96. The van der Waals surface area contributed by atoms with E-state index in [0.717, 1.165) is 29.7 Å². The Morgan fingerprint density at radius 1 is 1.40 bits per heavy atom. The van der Waals surface area contributed by atoms with E-state index in [2.05, 4.69) is 17.2 Å². The number of halogens is 1. The zero-order valence-electron chi connectivity index (χ0n) is 12.2. The number of hydrogen-bond donors (Lipinski definition) is 1. The van der Waals surface area contributed by atoms with E-state index in [1.54, 1.807) is 10.7 Å². The van der Waals surface area contributed by atoms with Gasteiger partial charge in [0.05, 0.1) is 24.0 Å². The number of benzene rings is 1. The first kappa shape index (κ1) is 14.7. The smallest absolute Gasteiger partial charge is 0.123 e. The molecule has 1 aromatic heterocycles. The summed E-state index contributed by atoms with van der Waals surface area (Å²) in [6.45, 7) is 6.01. The molecule has 1 aromatic carbocycles. The topological polar surface area (TPSA) is 56.7 Å². The van der Waals surface area contributed by atoms with Crippen LogP contribution in [0.5, 0.6) is 0 Å². The Balaban J connectivity index is 2.23. The molecule has 108 valence electrons. The second-order valence-electron chi connectivity index (χ2n) is 5.20. The summed E-state index contributed by atoms with van der Waals surface area (Å²) in [6.07, 6.45) is 3.79. The van der Waals surface area contributed by atoms with Crippen LogP contribution in [0.2, 0.25) is 0 Å². The van der Waals surface area contributed by atoms with Crippen LogP contribution in [0.15, 0.2) is 24.4 Å². The van der Waals surface area contributed by atoms with Crippen LogP contribution in [0.25, 0.3) is 0 Å². The van der Waals surface area contributed by atoms with Crippen LogP contribution < -0.4 is 5.73 Å². The summed E-state index contributed by atoms with van der Waals surface area (Å²) >= 11 is 0.